The number of nitrogens with one attached hydrogen (secondary N) is 1. The third kappa shape index (κ3) is 29.3. The molecule has 42 heavy (non-hydrogen) atoms. The minimum absolute atomic E-state index is 0.261. The van der Waals surface area contributed by atoms with Gasteiger partial charge in [-0.25, -0.2) is 0 Å². The lowest BCUT2D eigenvalue weighted by molar-refractivity contribution is -0.122. The van der Waals surface area contributed by atoms with Crippen LogP contribution in [0.1, 0.15) is 123 Å². The maximum absolute atomic E-state index is 12.4. The first kappa shape index (κ1) is 39.8. The van der Waals surface area contributed by atoms with Crippen LogP contribution in [0.3, 0.4) is 0 Å². The molecule has 1 amide bonds. The number of amides is 1. The molecule has 0 rings (SSSR count). The minimum atomic E-state index is -4.36. The number of hydrogen-bond donors (Lipinski definition) is 3. The molecule has 0 saturated heterocycles. The molecule has 0 aliphatic carbocycles. The monoisotopic (exact) mass is 605 g/mol. The van der Waals surface area contributed by atoms with E-state index < -0.39 is 28.0 Å². The number of allylic oxidation sites excluding steroid dienone is 11. The smallest absolute Gasteiger partial charge is 0.267 e. The highest BCUT2D eigenvalue weighted by Crippen LogP contribution is 2.09. The van der Waals surface area contributed by atoms with Crippen molar-refractivity contribution in [3.8, 4) is 0 Å². The highest BCUT2D eigenvalue weighted by molar-refractivity contribution is 7.85. The Bertz CT molecular complexity index is 931. The molecule has 0 radical (unpaired) electrons. The molecule has 2 atom stereocenters. The van der Waals surface area contributed by atoms with Gasteiger partial charge in [0.2, 0.25) is 5.91 Å². The van der Waals surface area contributed by atoms with E-state index in [1.165, 1.54) is 18.9 Å². The SMILES string of the molecule is CC/C=C\C/C=C\C/C=C\CCCCCCCC(=O)NC(CS(=O)(=O)O)C(O)/C=C/CC/C=C/CC/C=C/CCCC. The molecule has 7 heteroatoms. The Morgan fingerprint density at radius 1 is 0.667 bits per heavy atom. The maximum atomic E-state index is 12.4. The van der Waals surface area contributed by atoms with E-state index in [0.717, 1.165) is 77.0 Å². The van der Waals surface area contributed by atoms with Crippen molar-refractivity contribution >= 4 is 16.0 Å². The van der Waals surface area contributed by atoms with Gasteiger partial charge in [-0.1, -0.05) is 119 Å². The van der Waals surface area contributed by atoms with E-state index in [2.05, 4.69) is 79.9 Å². The third-order valence-corrected chi connectivity index (χ3v) is 7.37. The van der Waals surface area contributed by atoms with Gasteiger partial charge in [-0.15, -0.1) is 0 Å². The Kier molecular flexibility index (Phi) is 27.4. The molecule has 0 bridgehead atoms. The lowest BCUT2D eigenvalue weighted by atomic mass is 10.1. The number of aliphatic hydroxyl groups excluding tert-OH is 1. The van der Waals surface area contributed by atoms with Gasteiger partial charge in [0.1, 0.15) is 0 Å². The molecule has 2 unspecified atom stereocenters. The average molecular weight is 606 g/mol. The fourth-order valence-corrected chi connectivity index (χ4v) is 4.92. The first-order valence-corrected chi connectivity index (χ1v) is 17.7. The van der Waals surface area contributed by atoms with Gasteiger partial charge in [0, 0.05) is 6.42 Å². The number of carbonyl (C=O) groups is 1. The van der Waals surface area contributed by atoms with E-state index in [9.17, 15) is 22.9 Å². The van der Waals surface area contributed by atoms with E-state index in [-0.39, 0.29) is 12.3 Å². The highest BCUT2D eigenvalue weighted by Gasteiger charge is 2.24. The predicted octanol–water partition coefficient (Wildman–Crippen LogP) is 8.73. The normalized spacial score (nSPS) is 14.5. The molecule has 0 heterocycles. The van der Waals surface area contributed by atoms with Crippen molar-refractivity contribution in [3.05, 3.63) is 72.9 Å². The van der Waals surface area contributed by atoms with Gasteiger partial charge in [-0.2, -0.15) is 8.42 Å². The van der Waals surface area contributed by atoms with Crippen LogP contribution in [0.5, 0.6) is 0 Å². The number of hydrogen-bond acceptors (Lipinski definition) is 4. The van der Waals surface area contributed by atoms with Gasteiger partial charge in [0.25, 0.3) is 10.1 Å². The molecule has 0 aliphatic rings. The zero-order valence-corrected chi connectivity index (χ0v) is 27.2. The summed E-state index contributed by atoms with van der Waals surface area (Å²) in [6.45, 7) is 4.32. The van der Waals surface area contributed by atoms with E-state index in [1.807, 2.05) is 0 Å². The van der Waals surface area contributed by atoms with Gasteiger partial charge in [0.15, 0.2) is 0 Å². The van der Waals surface area contributed by atoms with Gasteiger partial charge in [-0.3, -0.25) is 9.35 Å². The Morgan fingerprint density at radius 3 is 1.79 bits per heavy atom. The first-order valence-electron chi connectivity index (χ1n) is 16.1. The molecular weight excluding hydrogens is 546 g/mol. The number of carbonyl (C=O) groups excluding carboxylic acids is 1. The van der Waals surface area contributed by atoms with Crippen LogP contribution < -0.4 is 5.32 Å². The van der Waals surface area contributed by atoms with Crippen LogP contribution in [0, 0.1) is 0 Å². The van der Waals surface area contributed by atoms with Crippen molar-refractivity contribution in [2.45, 2.75) is 135 Å². The zero-order valence-electron chi connectivity index (χ0n) is 26.3. The van der Waals surface area contributed by atoms with Crippen molar-refractivity contribution in [2.24, 2.45) is 0 Å². The molecule has 3 N–H and O–H groups in total. The summed E-state index contributed by atoms with van der Waals surface area (Å²) in [6, 6.07) is -1.09. The lowest BCUT2D eigenvalue weighted by Crippen LogP contribution is -2.46. The number of rotatable bonds is 27. The van der Waals surface area contributed by atoms with Gasteiger partial charge in [-0.05, 0) is 70.6 Å². The second-order valence-electron chi connectivity index (χ2n) is 10.7. The molecular formula is C35H59NO5S. The molecule has 0 fully saturated rings. The fraction of sp³-hybridized carbons (Fsp3) is 0.629. The first-order chi connectivity index (χ1) is 20.3. The van der Waals surface area contributed by atoms with E-state index in [4.69, 9.17) is 0 Å². The van der Waals surface area contributed by atoms with Crippen molar-refractivity contribution in [1.29, 1.82) is 0 Å². The summed E-state index contributed by atoms with van der Waals surface area (Å²) in [5.41, 5.74) is 0. The van der Waals surface area contributed by atoms with Crippen LogP contribution >= 0.6 is 0 Å². The number of unbranched alkanes of at least 4 members (excludes halogenated alkanes) is 9. The second-order valence-corrected chi connectivity index (χ2v) is 12.2. The summed E-state index contributed by atoms with van der Waals surface area (Å²) in [7, 11) is -4.36. The van der Waals surface area contributed by atoms with Crippen LogP contribution in [0.4, 0.5) is 0 Å². The lowest BCUT2D eigenvalue weighted by Gasteiger charge is -2.21. The van der Waals surface area contributed by atoms with Crippen LogP contribution in [0.25, 0.3) is 0 Å². The largest absolute Gasteiger partial charge is 0.387 e. The topological polar surface area (TPSA) is 104 Å². The Labute approximate surface area is 257 Å². The molecule has 0 spiro atoms. The molecule has 0 aromatic carbocycles. The van der Waals surface area contributed by atoms with Crippen LogP contribution in [-0.2, 0) is 14.9 Å². The maximum Gasteiger partial charge on any atom is 0.267 e. The van der Waals surface area contributed by atoms with E-state index >= 15 is 0 Å². The highest BCUT2D eigenvalue weighted by atomic mass is 32.2. The van der Waals surface area contributed by atoms with Gasteiger partial charge in [0.05, 0.1) is 17.9 Å². The molecule has 0 aromatic rings. The predicted molar refractivity (Wildman–Crippen MR) is 179 cm³/mol. The quantitative estimate of drug-likeness (QED) is 0.0493. The Hall–Kier alpha value is -2.22. The van der Waals surface area contributed by atoms with Gasteiger partial charge >= 0.3 is 0 Å². The third-order valence-electron chi connectivity index (χ3n) is 6.59. The van der Waals surface area contributed by atoms with E-state index in [0.29, 0.717) is 12.8 Å². The van der Waals surface area contributed by atoms with Crippen molar-refractivity contribution in [2.75, 3.05) is 5.75 Å². The van der Waals surface area contributed by atoms with Crippen LogP contribution in [0.2, 0.25) is 0 Å². The summed E-state index contributed by atoms with van der Waals surface area (Å²) in [4.78, 5) is 12.4. The zero-order chi connectivity index (χ0) is 31.2. The van der Waals surface area contributed by atoms with E-state index in [1.54, 1.807) is 6.08 Å². The Balaban J connectivity index is 4.18. The summed E-state index contributed by atoms with van der Waals surface area (Å²) in [5.74, 6) is -1.04. The van der Waals surface area contributed by atoms with Crippen molar-refractivity contribution < 1.29 is 22.9 Å². The summed E-state index contributed by atoms with van der Waals surface area (Å²) >= 11 is 0. The standard InChI is InChI=1S/C35H59NO5S/c1-3-5-7-9-11-13-15-17-18-19-21-23-25-27-29-31-35(38)36-33(32-42(39,40)41)34(37)30-28-26-24-22-20-16-14-12-10-8-6-4-2/h5,7,10-13,17-18,20,22,28,30,33-34,37H,3-4,6,8-9,14-16,19,21,23-27,29,31-32H2,1-2H3,(H,36,38)(H,39,40,41)/b7-5-,12-10+,13-11-,18-17-,22-20+,30-28+. The summed E-state index contributed by atoms with van der Waals surface area (Å²) in [5, 5.41) is 13.1. The minimum Gasteiger partial charge on any atom is -0.387 e. The van der Waals surface area contributed by atoms with Crippen LogP contribution in [0.15, 0.2) is 72.9 Å². The molecule has 6 nitrogen and oxygen atoms in total. The molecule has 0 aliphatic heterocycles. The summed E-state index contributed by atoms with van der Waals surface area (Å²) in [6.07, 6.45) is 40.2. The summed E-state index contributed by atoms with van der Waals surface area (Å²) < 4.78 is 32.2. The van der Waals surface area contributed by atoms with Crippen molar-refractivity contribution in [3.63, 3.8) is 0 Å². The molecule has 0 saturated carbocycles. The second kappa shape index (κ2) is 28.9. The molecule has 0 aromatic heterocycles. The average Bonchev–Trinajstić information content (AvgIpc) is 2.94. The van der Waals surface area contributed by atoms with Gasteiger partial charge < -0.3 is 10.4 Å². The molecule has 240 valence electrons. The Morgan fingerprint density at radius 2 is 1.17 bits per heavy atom. The van der Waals surface area contributed by atoms with Crippen LogP contribution in [-0.4, -0.2) is 41.9 Å². The number of aliphatic hydroxyl groups is 1. The fourth-order valence-electron chi connectivity index (χ4n) is 4.18. The van der Waals surface area contributed by atoms with Crippen molar-refractivity contribution in [1.82, 2.24) is 5.32 Å².